The second-order valence-electron chi connectivity index (χ2n) is 3.50. The highest BCUT2D eigenvalue weighted by Gasteiger charge is 2.17. The van der Waals surface area contributed by atoms with Crippen LogP contribution in [0.3, 0.4) is 0 Å². The van der Waals surface area contributed by atoms with Crippen LogP contribution in [0.15, 0.2) is 18.2 Å². The van der Waals surface area contributed by atoms with Gasteiger partial charge in [-0.2, -0.15) is 0 Å². The third kappa shape index (κ3) is 3.66. The number of hydrogen-bond acceptors (Lipinski definition) is 5. The predicted molar refractivity (Wildman–Crippen MR) is 66.0 cm³/mol. The van der Waals surface area contributed by atoms with E-state index in [0.29, 0.717) is 0 Å². The molecule has 1 aromatic rings. The average Bonchev–Trinajstić information content (AvgIpc) is 2.43. The van der Waals surface area contributed by atoms with E-state index in [0.717, 1.165) is 6.07 Å². The zero-order chi connectivity index (χ0) is 14.4. The molecule has 102 valence electrons. The summed E-state index contributed by atoms with van der Waals surface area (Å²) in [4.78, 5) is 32.9. The van der Waals surface area contributed by atoms with Crippen LogP contribution in [0.2, 0.25) is 0 Å². The topological polar surface area (TPSA) is 111 Å². The van der Waals surface area contributed by atoms with E-state index in [9.17, 15) is 19.7 Å². The Kier molecular flexibility index (Phi) is 4.81. The first-order chi connectivity index (χ1) is 8.99. The molecule has 1 aromatic carbocycles. The van der Waals surface area contributed by atoms with Crippen molar-refractivity contribution in [3.63, 3.8) is 0 Å². The Morgan fingerprint density at radius 2 is 2.11 bits per heavy atom. The molecule has 0 aliphatic heterocycles. The lowest BCUT2D eigenvalue weighted by atomic mass is 10.1. The molecule has 0 unspecified atom stereocenters. The Morgan fingerprint density at radius 3 is 2.63 bits per heavy atom. The van der Waals surface area contributed by atoms with Gasteiger partial charge in [0.25, 0.3) is 11.6 Å². The van der Waals surface area contributed by atoms with Crippen LogP contribution in [0.5, 0.6) is 5.75 Å². The van der Waals surface area contributed by atoms with Crippen molar-refractivity contribution in [2.75, 3.05) is 20.7 Å². The number of carbonyl (C=O) groups excluding carboxylic acids is 2. The van der Waals surface area contributed by atoms with Crippen molar-refractivity contribution >= 4 is 17.5 Å². The normalized spacial score (nSPS) is 9.58. The lowest BCUT2D eigenvalue weighted by Crippen LogP contribution is -2.35. The second-order valence-corrected chi connectivity index (χ2v) is 3.50. The van der Waals surface area contributed by atoms with Crippen LogP contribution in [0.25, 0.3) is 0 Å². The number of nitrogens with one attached hydrogen (secondary N) is 2. The van der Waals surface area contributed by atoms with E-state index in [1.807, 2.05) is 0 Å². The first-order valence-electron chi connectivity index (χ1n) is 5.30. The van der Waals surface area contributed by atoms with Gasteiger partial charge >= 0.3 is 0 Å². The average molecular weight is 267 g/mol. The lowest BCUT2D eigenvalue weighted by molar-refractivity contribution is -0.384. The molecule has 0 atom stereocenters. The highest BCUT2D eigenvalue weighted by molar-refractivity contribution is 5.99. The number of rotatable bonds is 5. The fourth-order valence-corrected chi connectivity index (χ4v) is 1.33. The molecule has 0 aliphatic rings. The van der Waals surface area contributed by atoms with Crippen molar-refractivity contribution in [3.05, 3.63) is 33.9 Å². The van der Waals surface area contributed by atoms with Crippen LogP contribution < -0.4 is 15.4 Å². The Labute approximate surface area is 108 Å². The number of ether oxygens (including phenoxy) is 1. The molecule has 19 heavy (non-hydrogen) atoms. The summed E-state index contributed by atoms with van der Waals surface area (Å²) < 4.78 is 4.95. The third-order valence-corrected chi connectivity index (χ3v) is 2.33. The molecule has 0 fully saturated rings. The molecule has 2 N–H and O–H groups in total. The number of carbonyl (C=O) groups is 2. The number of amides is 2. The second kappa shape index (κ2) is 6.34. The zero-order valence-corrected chi connectivity index (χ0v) is 10.4. The molecule has 0 saturated carbocycles. The number of non-ortho nitro benzene ring substituents is 1. The number of nitrogens with zero attached hydrogens (tertiary/aromatic N) is 1. The number of likely N-dealkylation sites (N-methyl/N-ethyl adjacent to an activating group) is 1. The fraction of sp³-hybridized carbons (Fsp3) is 0.273. The van der Waals surface area contributed by atoms with Crippen molar-refractivity contribution < 1.29 is 19.2 Å². The minimum absolute atomic E-state index is 0.000558. The quantitative estimate of drug-likeness (QED) is 0.579. The Bertz CT molecular complexity index is 515. The zero-order valence-electron chi connectivity index (χ0n) is 10.4. The maximum absolute atomic E-state index is 11.8. The van der Waals surface area contributed by atoms with Gasteiger partial charge < -0.3 is 15.4 Å². The van der Waals surface area contributed by atoms with Crippen LogP contribution in [-0.4, -0.2) is 37.4 Å². The van der Waals surface area contributed by atoms with E-state index in [4.69, 9.17) is 4.74 Å². The molecule has 0 spiro atoms. The maximum Gasteiger partial charge on any atom is 0.270 e. The highest BCUT2D eigenvalue weighted by atomic mass is 16.6. The summed E-state index contributed by atoms with van der Waals surface area (Å²) in [5.74, 6) is -0.804. The first-order valence-corrected chi connectivity index (χ1v) is 5.30. The summed E-state index contributed by atoms with van der Waals surface area (Å²) in [6, 6.07) is 3.65. The van der Waals surface area contributed by atoms with E-state index in [2.05, 4.69) is 10.6 Å². The van der Waals surface area contributed by atoms with Crippen molar-refractivity contribution in [1.29, 1.82) is 0 Å². The fourth-order valence-electron chi connectivity index (χ4n) is 1.33. The van der Waals surface area contributed by atoms with Gasteiger partial charge in [0.05, 0.1) is 24.1 Å². The monoisotopic (exact) mass is 267 g/mol. The molecule has 8 heteroatoms. The number of nitro benzene ring substituents is 1. The van der Waals surface area contributed by atoms with Crippen molar-refractivity contribution in [2.45, 2.75) is 0 Å². The predicted octanol–water partition coefficient (Wildman–Crippen LogP) is 0.0792. The number of methoxy groups -OCH3 is 1. The summed E-state index contributed by atoms with van der Waals surface area (Å²) in [6.07, 6.45) is 0. The SMILES string of the molecule is CNC(=O)CNC(=O)c1cc([N+](=O)[O-])ccc1OC. The van der Waals surface area contributed by atoms with E-state index in [-0.39, 0.29) is 29.5 Å². The smallest absolute Gasteiger partial charge is 0.270 e. The van der Waals surface area contributed by atoms with Crippen LogP contribution in [0, 0.1) is 10.1 Å². The van der Waals surface area contributed by atoms with Crippen LogP contribution in [-0.2, 0) is 4.79 Å². The molecule has 0 aliphatic carbocycles. The summed E-state index contributed by atoms with van der Waals surface area (Å²) in [7, 11) is 2.78. The standard InChI is InChI=1S/C11H13N3O5/c1-12-10(15)6-13-11(16)8-5-7(14(17)18)3-4-9(8)19-2/h3-5H,6H2,1-2H3,(H,12,15)(H,13,16). The van der Waals surface area contributed by atoms with E-state index < -0.39 is 10.8 Å². The largest absolute Gasteiger partial charge is 0.496 e. The van der Waals surface area contributed by atoms with Gasteiger partial charge in [0.2, 0.25) is 5.91 Å². The minimum atomic E-state index is -0.621. The molecular weight excluding hydrogens is 254 g/mol. The lowest BCUT2D eigenvalue weighted by Gasteiger charge is -2.08. The minimum Gasteiger partial charge on any atom is -0.496 e. The summed E-state index contributed by atoms with van der Waals surface area (Å²) in [5.41, 5.74) is -0.230. The third-order valence-electron chi connectivity index (χ3n) is 2.33. The number of benzene rings is 1. The van der Waals surface area contributed by atoms with Crippen molar-refractivity contribution in [2.24, 2.45) is 0 Å². The van der Waals surface area contributed by atoms with Crippen LogP contribution in [0.4, 0.5) is 5.69 Å². The molecular formula is C11H13N3O5. The van der Waals surface area contributed by atoms with Gasteiger partial charge in [0, 0.05) is 19.2 Å². The van der Waals surface area contributed by atoms with Gasteiger partial charge in [-0.05, 0) is 6.07 Å². The summed E-state index contributed by atoms with van der Waals surface area (Å²) in [5, 5.41) is 15.3. The van der Waals surface area contributed by atoms with Gasteiger partial charge in [0.1, 0.15) is 5.75 Å². The van der Waals surface area contributed by atoms with Gasteiger partial charge in [-0.25, -0.2) is 0 Å². The molecule has 1 rings (SSSR count). The van der Waals surface area contributed by atoms with E-state index in [1.54, 1.807) is 0 Å². The first kappa shape index (κ1) is 14.4. The van der Waals surface area contributed by atoms with Crippen LogP contribution in [0.1, 0.15) is 10.4 Å². The van der Waals surface area contributed by atoms with Crippen LogP contribution >= 0.6 is 0 Å². The number of nitro groups is 1. The van der Waals surface area contributed by atoms with Gasteiger partial charge in [-0.3, -0.25) is 19.7 Å². The molecule has 0 bridgehead atoms. The van der Waals surface area contributed by atoms with E-state index >= 15 is 0 Å². The Balaban J connectivity index is 2.96. The number of hydrogen-bond donors (Lipinski definition) is 2. The highest BCUT2D eigenvalue weighted by Crippen LogP contribution is 2.23. The molecule has 2 amide bonds. The molecule has 0 heterocycles. The van der Waals surface area contributed by atoms with Gasteiger partial charge in [-0.15, -0.1) is 0 Å². The molecule has 0 saturated heterocycles. The molecule has 0 radical (unpaired) electrons. The maximum atomic E-state index is 11.8. The van der Waals surface area contributed by atoms with Crippen molar-refractivity contribution in [3.8, 4) is 5.75 Å². The Morgan fingerprint density at radius 1 is 1.42 bits per heavy atom. The molecule has 0 aromatic heterocycles. The molecule has 8 nitrogen and oxygen atoms in total. The summed E-state index contributed by atoms with van der Waals surface area (Å²) >= 11 is 0. The Hall–Kier alpha value is -2.64. The summed E-state index contributed by atoms with van der Waals surface area (Å²) in [6.45, 7) is -0.221. The van der Waals surface area contributed by atoms with Crippen molar-refractivity contribution in [1.82, 2.24) is 10.6 Å². The van der Waals surface area contributed by atoms with E-state index in [1.165, 1.54) is 26.3 Å². The van der Waals surface area contributed by atoms with Gasteiger partial charge in [0.15, 0.2) is 0 Å². The van der Waals surface area contributed by atoms with Gasteiger partial charge in [-0.1, -0.05) is 0 Å².